The van der Waals surface area contributed by atoms with Crippen LogP contribution in [0.5, 0.6) is 0 Å². The molecule has 0 fully saturated rings. The van der Waals surface area contributed by atoms with Crippen molar-refractivity contribution in [1.29, 1.82) is 0 Å². The Kier molecular flexibility index (Phi) is 3.27. The van der Waals surface area contributed by atoms with Crippen molar-refractivity contribution in [3.63, 3.8) is 0 Å². The van der Waals surface area contributed by atoms with Gasteiger partial charge in [-0.3, -0.25) is 10.1 Å². The third-order valence-corrected chi connectivity index (χ3v) is 2.58. The van der Waals surface area contributed by atoms with Crippen LogP contribution in [-0.2, 0) is 0 Å². The van der Waals surface area contributed by atoms with E-state index < -0.39 is 4.92 Å². The third-order valence-electron chi connectivity index (χ3n) is 2.58. The molecule has 1 atom stereocenters. The fourth-order valence-corrected chi connectivity index (χ4v) is 1.72. The smallest absolute Gasteiger partial charge is 0.271 e. The molecule has 0 saturated heterocycles. The third kappa shape index (κ3) is 2.48. The predicted octanol–water partition coefficient (Wildman–Crippen LogP) is 2.85. The Hall–Kier alpha value is -2.37. The number of hydrogen-bond acceptors (Lipinski definition) is 4. The standard InChI is InChI=1S/C12H14N4O2/c1-3-4-8(2)13-12-14-10-6-5-9(16(17)18)7-11(10)15-12/h3,5-8H,1,4H2,2H3,(H2,13,14,15). The molecule has 1 aromatic carbocycles. The number of benzene rings is 1. The first-order chi connectivity index (χ1) is 8.60. The lowest BCUT2D eigenvalue weighted by Crippen LogP contribution is -2.14. The summed E-state index contributed by atoms with van der Waals surface area (Å²) < 4.78 is 0. The van der Waals surface area contributed by atoms with Crippen LogP contribution >= 0.6 is 0 Å². The van der Waals surface area contributed by atoms with Gasteiger partial charge >= 0.3 is 0 Å². The average Bonchev–Trinajstić information content (AvgIpc) is 2.69. The number of nitro groups is 1. The van der Waals surface area contributed by atoms with E-state index in [1.54, 1.807) is 6.07 Å². The number of nitro benzene ring substituents is 1. The van der Waals surface area contributed by atoms with Crippen LogP contribution in [0.1, 0.15) is 13.3 Å². The SMILES string of the molecule is C=CCC(C)Nc1nc2ccc([N+](=O)[O-])cc2[nH]1. The molecule has 6 heteroatoms. The number of hydrogen-bond donors (Lipinski definition) is 2. The number of nitrogens with one attached hydrogen (secondary N) is 2. The molecule has 0 bridgehead atoms. The monoisotopic (exact) mass is 246 g/mol. The quantitative estimate of drug-likeness (QED) is 0.482. The number of fused-ring (bicyclic) bond motifs is 1. The number of imidazole rings is 1. The molecular weight excluding hydrogens is 232 g/mol. The van der Waals surface area contributed by atoms with E-state index in [9.17, 15) is 10.1 Å². The zero-order valence-corrected chi connectivity index (χ0v) is 10.0. The molecule has 2 rings (SSSR count). The van der Waals surface area contributed by atoms with Crippen LogP contribution in [-0.4, -0.2) is 20.9 Å². The summed E-state index contributed by atoms with van der Waals surface area (Å²) in [5, 5.41) is 13.8. The van der Waals surface area contributed by atoms with E-state index in [0.717, 1.165) is 6.42 Å². The fourth-order valence-electron chi connectivity index (χ4n) is 1.72. The molecule has 1 heterocycles. The Morgan fingerprint density at radius 3 is 3.11 bits per heavy atom. The van der Waals surface area contributed by atoms with E-state index in [1.165, 1.54) is 12.1 Å². The average molecular weight is 246 g/mol. The van der Waals surface area contributed by atoms with Crippen molar-refractivity contribution in [3.8, 4) is 0 Å². The van der Waals surface area contributed by atoms with Gasteiger partial charge in [0.05, 0.1) is 16.0 Å². The fraction of sp³-hybridized carbons (Fsp3) is 0.250. The molecule has 0 aliphatic carbocycles. The van der Waals surface area contributed by atoms with Gasteiger partial charge in [-0.2, -0.15) is 0 Å². The molecule has 2 aromatic rings. The van der Waals surface area contributed by atoms with Crippen LogP contribution in [0.2, 0.25) is 0 Å². The van der Waals surface area contributed by atoms with Crippen molar-refractivity contribution in [2.45, 2.75) is 19.4 Å². The maximum Gasteiger partial charge on any atom is 0.271 e. The first kappa shape index (κ1) is 12.1. The van der Waals surface area contributed by atoms with E-state index in [2.05, 4.69) is 21.9 Å². The number of aromatic nitrogens is 2. The second kappa shape index (κ2) is 4.87. The summed E-state index contributed by atoms with van der Waals surface area (Å²) in [5.74, 6) is 0.611. The summed E-state index contributed by atoms with van der Waals surface area (Å²) in [5.41, 5.74) is 1.41. The molecule has 6 nitrogen and oxygen atoms in total. The molecule has 1 unspecified atom stereocenters. The van der Waals surface area contributed by atoms with Gasteiger partial charge in [-0.05, 0) is 19.4 Å². The van der Waals surface area contributed by atoms with Crippen molar-refractivity contribution in [2.75, 3.05) is 5.32 Å². The van der Waals surface area contributed by atoms with Gasteiger partial charge < -0.3 is 10.3 Å². The van der Waals surface area contributed by atoms with E-state index in [1.807, 2.05) is 13.0 Å². The van der Waals surface area contributed by atoms with Gasteiger partial charge in [0.1, 0.15) is 0 Å². The molecule has 0 spiro atoms. The minimum atomic E-state index is -0.423. The van der Waals surface area contributed by atoms with Crippen LogP contribution in [0.25, 0.3) is 11.0 Å². The van der Waals surface area contributed by atoms with E-state index in [4.69, 9.17) is 0 Å². The number of rotatable bonds is 5. The number of nitrogens with zero attached hydrogens (tertiary/aromatic N) is 2. The minimum Gasteiger partial charge on any atom is -0.353 e. The molecule has 0 aliphatic rings. The molecule has 2 N–H and O–H groups in total. The Morgan fingerprint density at radius 1 is 1.67 bits per heavy atom. The lowest BCUT2D eigenvalue weighted by molar-refractivity contribution is -0.384. The summed E-state index contributed by atoms with van der Waals surface area (Å²) in [4.78, 5) is 17.6. The van der Waals surface area contributed by atoms with Gasteiger partial charge in [0.25, 0.3) is 5.69 Å². The predicted molar refractivity (Wildman–Crippen MR) is 70.6 cm³/mol. The van der Waals surface area contributed by atoms with Crippen molar-refractivity contribution in [1.82, 2.24) is 9.97 Å². The zero-order chi connectivity index (χ0) is 13.1. The molecule has 0 amide bonds. The Balaban J connectivity index is 2.27. The molecule has 0 radical (unpaired) electrons. The van der Waals surface area contributed by atoms with Crippen molar-refractivity contribution >= 4 is 22.7 Å². The molecule has 94 valence electrons. The maximum absolute atomic E-state index is 10.7. The van der Waals surface area contributed by atoms with Crippen LogP contribution in [0, 0.1) is 10.1 Å². The topological polar surface area (TPSA) is 83.8 Å². The first-order valence-corrected chi connectivity index (χ1v) is 5.61. The van der Waals surface area contributed by atoms with Crippen molar-refractivity contribution < 1.29 is 4.92 Å². The Labute approximate surface area is 104 Å². The van der Waals surface area contributed by atoms with Crippen LogP contribution in [0.4, 0.5) is 11.6 Å². The van der Waals surface area contributed by atoms with Gasteiger partial charge in [0.15, 0.2) is 0 Å². The number of non-ortho nitro benzene ring substituents is 1. The molecule has 0 aliphatic heterocycles. The van der Waals surface area contributed by atoms with E-state index in [-0.39, 0.29) is 11.7 Å². The Morgan fingerprint density at radius 2 is 2.44 bits per heavy atom. The summed E-state index contributed by atoms with van der Waals surface area (Å²) in [6, 6.07) is 4.76. The molecular formula is C12H14N4O2. The molecule has 0 saturated carbocycles. The van der Waals surface area contributed by atoms with E-state index >= 15 is 0 Å². The van der Waals surface area contributed by atoms with Gasteiger partial charge in [-0.25, -0.2) is 4.98 Å². The molecule has 1 aromatic heterocycles. The summed E-state index contributed by atoms with van der Waals surface area (Å²) in [6.07, 6.45) is 2.64. The molecule has 18 heavy (non-hydrogen) atoms. The summed E-state index contributed by atoms with van der Waals surface area (Å²) >= 11 is 0. The second-order valence-electron chi connectivity index (χ2n) is 4.11. The highest BCUT2D eigenvalue weighted by molar-refractivity contribution is 5.79. The minimum absolute atomic E-state index is 0.0526. The number of anilines is 1. The largest absolute Gasteiger partial charge is 0.353 e. The van der Waals surface area contributed by atoms with Crippen molar-refractivity contribution in [2.24, 2.45) is 0 Å². The number of aromatic amines is 1. The second-order valence-corrected chi connectivity index (χ2v) is 4.11. The van der Waals surface area contributed by atoms with Gasteiger partial charge in [-0.15, -0.1) is 6.58 Å². The van der Waals surface area contributed by atoms with Crippen LogP contribution in [0.15, 0.2) is 30.9 Å². The summed E-state index contributed by atoms with van der Waals surface area (Å²) in [7, 11) is 0. The normalized spacial score (nSPS) is 12.3. The van der Waals surface area contributed by atoms with Gasteiger partial charge in [-0.1, -0.05) is 6.08 Å². The highest BCUT2D eigenvalue weighted by Gasteiger charge is 2.10. The zero-order valence-electron chi connectivity index (χ0n) is 10.0. The van der Waals surface area contributed by atoms with Gasteiger partial charge in [0, 0.05) is 18.2 Å². The van der Waals surface area contributed by atoms with E-state index in [0.29, 0.717) is 17.0 Å². The van der Waals surface area contributed by atoms with Crippen LogP contribution in [0.3, 0.4) is 0 Å². The Bertz CT molecular complexity index is 591. The van der Waals surface area contributed by atoms with Crippen LogP contribution < -0.4 is 5.32 Å². The van der Waals surface area contributed by atoms with Gasteiger partial charge in [0.2, 0.25) is 5.95 Å². The van der Waals surface area contributed by atoms with Crippen molar-refractivity contribution in [3.05, 3.63) is 41.0 Å². The number of H-pyrrole nitrogens is 1. The first-order valence-electron chi connectivity index (χ1n) is 5.61. The lowest BCUT2D eigenvalue weighted by Gasteiger charge is -2.09. The highest BCUT2D eigenvalue weighted by atomic mass is 16.6. The summed E-state index contributed by atoms with van der Waals surface area (Å²) in [6.45, 7) is 5.68. The highest BCUT2D eigenvalue weighted by Crippen LogP contribution is 2.20. The maximum atomic E-state index is 10.7. The lowest BCUT2D eigenvalue weighted by atomic mass is 10.2.